The number of hydrogen-bond donors (Lipinski definition) is 3. The smallest absolute Gasteiger partial charge is 0.186 e. The molecule has 14 heavy (non-hydrogen) atoms. The molecule has 84 valence electrons. The molecule has 1 saturated heterocycles. The minimum absolute atomic E-state index is 0.130. The molecule has 0 spiro atoms. The molecule has 0 aliphatic carbocycles. The molecule has 0 bridgehead atoms. The van der Waals surface area contributed by atoms with Crippen molar-refractivity contribution in [2.24, 2.45) is 0 Å². The van der Waals surface area contributed by atoms with Gasteiger partial charge < -0.3 is 29.5 Å². The van der Waals surface area contributed by atoms with Crippen LogP contribution >= 0.6 is 0 Å². The van der Waals surface area contributed by atoms with Gasteiger partial charge >= 0.3 is 0 Å². The van der Waals surface area contributed by atoms with Crippen molar-refractivity contribution in [2.45, 2.75) is 30.7 Å². The van der Waals surface area contributed by atoms with E-state index in [9.17, 15) is 15.3 Å². The summed E-state index contributed by atoms with van der Waals surface area (Å²) >= 11 is 0. The summed E-state index contributed by atoms with van der Waals surface area (Å²) in [5.74, 6) is 0. The SMILES string of the molecule is COCC1O[C@H](OC)C(O)C(O)[C@@H]1O. The number of hydrogen-bond acceptors (Lipinski definition) is 6. The van der Waals surface area contributed by atoms with Gasteiger partial charge in [-0.05, 0) is 0 Å². The predicted molar refractivity (Wildman–Crippen MR) is 45.6 cm³/mol. The highest BCUT2D eigenvalue weighted by Crippen LogP contribution is 2.21. The molecule has 1 rings (SSSR count). The molecule has 1 aliphatic rings. The van der Waals surface area contributed by atoms with E-state index in [-0.39, 0.29) is 6.61 Å². The number of aliphatic hydroxyl groups excluding tert-OH is 3. The zero-order valence-electron chi connectivity index (χ0n) is 8.16. The Balaban J connectivity index is 2.63. The number of ether oxygens (including phenoxy) is 3. The molecule has 0 amide bonds. The van der Waals surface area contributed by atoms with Crippen molar-refractivity contribution in [3.63, 3.8) is 0 Å². The predicted octanol–water partition coefficient (Wildman–Crippen LogP) is -1.91. The van der Waals surface area contributed by atoms with Crippen LogP contribution in [0, 0.1) is 0 Å². The average Bonchev–Trinajstić information content (AvgIpc) is 2.19. The second-order valence-electron chi connectivity index (χ2n) is 3.21. The second kappa shape index (κ2) is 5.01. The van der Waals surface area contributed by atoms with Crippen molar-refractivity contribution in [1.29, 1.82) is 0 Å². The van der Waals surface area contributed by atoms with E-state index in [1.54, 1.807) is 0 Å². The van der Waals surface area contributed by atoms with Crippen LogP contribution in [-0.2, 0) is 14.2 Å². The first kappa shape index (κ1) is 11.8. The molecule has 0 saturated carbocycles. The van der Waals surface area contributed by atoms with Gasteiger partial charge in [0.05, 0.1) is 6.61 Å². The Labute approximate surface area is 82.0 Å². The van der Waals surface area contributed by atoms with Crippen molar-refractivity contribution in [1.82, 2.24) is 0 Å². The van der Waals surface area contributed by atoms with E-state index in [1.165, 1.54) is 14.2 Å². The largest absolute Gasteiger partial charge is 0.387 e. The maximum Gasteiger partial charge on any atom is 0.186 e. The van der Waals surface area contributed by atoms with Gasteiger partial charge in [-0.2, -0.15) is 0 Å². The summed E-state index contributed by atoms with van der Waals surface area (Å²) in [6.07, 6.45) is -5.33. The highest BCUT2D eigenvalue weighted by molar-refractivity contribution is 4.88. The Hall–Kier alpha value is -0.240. The van der Waals surface area contributed by atoms with E-state index in [2.05, 4.69) is 0 Å². The van der Waals surface area contributed by atoms with Gasteiger partial charge in [-0.15, -0.1) is 0 Å². The monoisotopic (exact) mass is 208 g/mol. The quantitative estimate of drug-likeness (QED) is 0.501. The third-order valence-electron chi connectivity index (χ3n) is 2.23. The van der Waals surface area contributed by atoms with Crippen molar-refractivity contribution < 1.29 is 29.5 Å². The van der Waals surface area contributed by atoms with Crippen molar-refractivity contribution in [3.05, 3.63) is 0 Å². The first-order valence-electron chi connectivity index (χ1n) is 4.33. The van der Waals surface area contributed by atoms with Gasteiger partial charge in [-0.1, -0.05) is 0 Å². The lowest BCUT2D eigenvalue weighted by Gasteiger charge is -2.39. The lowest BCUT2D eigenvalue weighted by molar-refractivity contribution is -0.295. The lowest BCUT2D eigenvalue weighted by atomic mass is 9.99. The number of rotatable bonds is 3. The van der Waals surface area contributed by atoms with Crippen LogP contribution in [0.15, 0.2) is 0 Å². The molecule has 3 N–H and O–H groups in total. The van der Waals surface area contributed by atoms with Gasteiger partial charge in [0.2, 0.25) is 0 Å². The van der Waals surface area contributed by atoms with Gasteiger partial charge in [0, 0.05) is 14.2 Å². The Bertz CT molecular complexity index is 171. The maximum absolute atomic E-state index is 9.48. The molecule has 0 aromatic heterocycles. The fourth-order valence-corrected chi connectivity index (χ4v) is 1.41. The Morgan fingerprint density at radius 3 is 2.21 bits per heavy atom. The van der Waals surface area contributed by atoms with Gasteiger partial charge in [0.1, 0.15) is 24.4 Å². The second-order valence-corrected chi connectivity index (χ2v) is 3.21. The van der Waals surface area contributed by atoms with Crippen molar-refractivity contribution >= 4 is 0 Å². The molecule has 5 atom stereocenters. The lowest BCUT2D eigenvalue weighted by Crippen LogP contribution is -2.59. The Kier molecular flexibility index (Phi) is 4.24. The van der Waals surface area contributed by atoms with E-state index < -0.39 is 30.7 Å². The summed E-state index contributed by atoms with van der Waals surface area (Å²) in [6, 6.07) is 0. The highest BCUT2D eigenvalue weighted by Gasteiger charge is 2.43. The minimum atomic E-state index is -1.28. The first-order chi connectivity index (χ1) is 6.61. The first-order valence-corrected chi connectivity index (χ1v) is 4.33. The fraction of sp³-hybridized carbons (Fsp3) is 1.00. The molecule has 1 heterocycles. The molecule has 3 unspecified atom stereocenters. The summed E-state index contributed by atoms with van der Waals surface area (Å²) < 4.78 is 14.8. The number of aliphatic hydroxyl groups is 3. The van der Waals surface area contributed by atoms with Crippen LogP contribution in [0.4, 0.5) is 0 Å². The van der Waals surface area contributed by atoms with Crippen molar-refractivity contribution in [2.75, 3.05) is 20.8 Å². The fourth-order valence-electron chi connectivity index (χ4n) is 1.41. The Morgan fingerprint density at radius 2 is 1.71 bits per heavy atom. The highest BCUT2D eigenvalue weighted by atomic mass is 16.7. The van der Waals surface area contributed by atoms with E-state index in [0.29, 0.717) is 0 Å². The molecular weight excluding hydrogens is 192 g/mol. The van der Waals surface area contributed by atoms with Crippen LogP contribution in [0.1, 0.15) is 0 Å². The molecular formula is C8H16O6. The summed E-state index contributed by atoms with van der Waals surface area (Å²) in [4.78, 5) is 0. The summed E-state index contributed by atoms with van der Waals surface area (Å²) in [5, 5.41) is 28.3. The normalized spacial score (nSPS) is 43.9. The van der Waals surface area contributed by atoms with Gasteiger partial charge in [-0.3, -0.25) is 0 Å². The molecule has 1 fully saturated rings. The molecule has 0 aromatic carbocycles. The van der Waals surface area contributed by atoms with Crippen LogP contribution in [0.25, 0.3) is 0 Å². The average molecular weight is 208 g/mol. The third-order valence-corrected chi connectivity index (χ3v) is 2.23. The van der Waals surface area contributed by atoms with Crippen LogP contribution in [-0.4, -0.2) is 66.9 Å². The van der Waals surface area contributed by atoms with Crippen LogP contribution in [0.3, 0.4) is 0 Å². The van der Waals surface area contributed by atoms with E-state index >= 15 is 0 Å². The molecule has 6 nitrogen and oxygen atoms in total. The topological polar surface area (TPSA) is 88.4 Å². The molecule has 6 heteroatoms. The van der Waals surface area contributed by atoms with Gasteiger partial charge in [0.15, 0.2) is 6.29 Å². The Morgan fingerprint density at radius 1 is 1.07 bits per heavy atom. The third kappa shape index (κ3) is 2.22. The molecule has 1 aliphatic heterocycles. The summed E-state index contributed by atoms with van der Waals surface area (Å²) in [5.41, 5.74) is 0. The summed E-state index contributed by atoms with van der Waals surface area (Å²) in [6.45, 7) is 0.130. The zero-order chi connectivity index (χ0) is 10.7. The molecule has 0 aromatic rings. The van der Waals surface area contributed by atoms with Gasteiger partial charge in [0.25, 0.3) is 0 Å². The van der Waals surface area contributed by atoms with E-state index in [0.717, 1.165) is 0 Å². The molecule has 0 radical (unpaired) electrons. The zero-order valence-corrected chi connectivity index (χ0v) is 8.16. The van der Waals surface area contributed by atoms with Gasteiger partial charge in [-0.25, -0.2) is 0 Å². The van der Waals surface area contributed by atoms with E-state index in [1.807, 2.05) is 0 Å². The van der Waals surface area contributed by atoms with Crippen molar-refractivity contribution in [3.8, 4) is 0 Å². The minimum Gasteiger partial charge on any atom is -0.387 e. The maximum atomic E-state index is 9.48. The summed E-state index contributed by atoms with van der Waals surface area (Å²) in [7, 11) is 2.80. The van der Waals surface area contributed by atoms with Crippen LogP contribution in [0.5, 0.6) is 0 Å². The van der Waals surface area contributed by atoms with Crippen LogP contribution < -0.4 is 0 Å². The van der Waals surface area contributed by atoms with E-state index in [4.69, 9.17) is 14.2 Å². The number of methoxy groups -OCH3 is 2. The van der Waals surface area contributed by atoms with Crippen LogP contribution in [0.2, 0.25) is 0 Å². The standard InChI is InChI=1S/C8H16O6/c1-12-3-4-5(9)6(10)7(11)8(13-2)14-4/h4-11H,3H2,1-2H3/t4?,5-,6?,7?,8+/m1/s1.